The predicted octanol–water partition coefficient (Wildman–Crippen LogP) is 1.68. The SMILES string of the molecule is CC(C)OC(=O)c1ccc(N2C(=O)C=CC2=O)cc1. The number of amides is 2. The molecule has 0 saturated carbocycles. The number of carbonyl (C=O) groups excluding carboxylic acids is 3. The van der Waals surface area contributed by atoms with Crippen LogP contribution in [0.25, 0.3) is 0 Å². The van der Waals surface area contributed by atoms with Gasteiger partial charge < -0.3 is 4.74 Å². The summed E-state index contributed by atoms with van der Waals surface area (Å²) in [6, 6.07) is 6.14. The fourth-order valence-electron chi connectivity index (χ4n) is 1.68. The first-order valence-corrected chi connectivity index (χ1v) is 5.86. The summed E-state index contributed by atoms with van der Waals surface area (Å²) in [6.07, 6.45) is 2.23. The highest BCUT2D eigenvalue weighted by Gasteiger charge is 2.25. The Balaban J connectivity index is 2.17. The highest BCUT2D eigenvalue weighted by molar-refractivity contribution is 6.28. The molecule has 0 atom stereocenters. The Morgan fingerprint density at radius 1 is 1.05 bits per heavy atom. The summed E-state index contributed by atoms with van der Waals surface area (Å²) in [7, 11) is 0. The molecule has 0 bridgehead atoms. The number of ether oxygens (including phenoxy) is 1. The second kappa shape index (κ2) is 5.06. The topological polar surface area (TPSA) is 63.7 Å². The molecule has 5 nitrogen and oxygen atoms in total. The second-order valence-corrected chi connectivity index (χ2v) is 4.35. The normalized spacial score (nSPS) is 14.4. The van der Waals surface area contributed by atoms with Crippen molar-refractivity contribution in [2.75, 3.05) is 4.90 Å². The van der Waals surface area contributed by atoms with E-state index in [9.17, 15) is 14.4 Å². The number of imide groups is 1. The molecule has 5 heteroatoms. The van der Waals surface area contributed by atoms with Gasteiger partial charge in [-0.05, 0) is 38.1 Å². The molecule has 1 aromatic rings. The van der Waals surface area contributed by atoms with Crippen molar-refractivity contribution < 1.29 is 19.1 Å². The highest BCUT2D eigenvalue weighted by atomic mass is 16.5. The van der Waals surface area contributed by atoms with Gasteiger partial charge in [0.15, 0.2) is 0 Å². The summed E-state index contributed by atoms with van der Waals surface area (Å²) in [5.41, 5.74) is 0.811. The number of esters is 1. The predicted molar refractivity (Wildman–Crippen MR) is 68.6 cm³/mol. The van der Waals surface area contributed by atoms with Crippen molar-refractivity contribution in [2.24, 2.45) is 0 Å². The van der Waals surface area contributed by atoms with Crippen LogP contribution in [0.3, 0.4) is 0 Å². The summed E-state index contributed by atoms with van der Waals surface area (Å²) in [6.45, 7) is 3.53. The van der Waals surface area contributed by atoms with Crippen LogP contribution in [0.15, 0.2) is 36.4 Å². The number of benzene rings is 1. The van der Waals surface area contributed by atoms with Gasteiger partial charge in [-0.3, -0.25) is 9.59 Å². The molecule has 0 unspecified atom stereocenters. The Hall–Kier alpha value is -2.43. The average molecular weight is 259 g/mol. The van der Waals surface area contributed by atoms with Gasteiger partial charge in [0.1, 0.15) is 0 Å². The molecule has 0 fully saturated rings. The maximum atomic E-state index is 11.6. The first kappa shape index (κ1) is 13.0. The Bertz CT molecular complexity index is 539. The van der Waals surface area contributed by atoms with Crippen LogP contribution in [0.2, 0.25) is 0 Å². The quantitative estimate of drug-likeness (QED) is 0.612. The number of carbonyl (C=O) groups is 3. The molecular formula is C14H13NO4. The Morgan fingerprint density at radius 3 is 2.05 bits per heavy atom. The number of hydrogen-bond donors (Lipinski definition) is 0. The molecule has 98 valence electrons. The minimum Gasteiger partial charge on any atom is -0.459 e. The van der Waals surface area contributed by atoms with Crippen molar-refractivity contribution in [3.63, 3.8) is 0 Å². The zero-order chi connectivity index (χ0) is 14.0. The summed E-state index contributed by atoms with van der Waals surface area (Å²) < 4.78 is 5.05. The molecule has 1 aliphatic heterocycles. The number of rotatable bonds is 3. The van der Waals surface area contributed by atoms with Crippen molar-refractivity contribution in [1.29, 1.82) is 0 Å². The second-order valence-electron chi connectivity index (χ2n) is 4.35. The lowest BCUT2D eigenvalue weighted by atomic mass is 10.2. The number of nitrogens with zero attached hydrogens (tertiary/aromatic N) is 1. The molecule has 0 radical (unpaired) electrons. The van der Waals surface area contributed by atoms with Crippen molar-refractivity contribution >= 4 is 23.5 Å². The van der Waals surface area contributed by atoms with E-state index in [4.69, 9.17) is 4.74 Å². The van der Waals surface area contributed by atoms with Crippen LogP contribution >= 0.6 is 0 Å². The van der Waals surface area contributed by atoms with Crippen LogP contribution in [0.4, 0.5) is 5.69 Å². The fourth-order valence-corrected chi connectivity index (χ4v) is 1.68. The van der Waals surface area contributed by atoms with E-state index < -0.39 is 5.97 Å². The Labute approximate surface area is 110 Å². The maximum absolute atomic E-state index is 11.6. The van der Waals surface area contributed by atoms with E-state index in [0.29, 0.717) is 11.3 Å². The van der Waals surface area contributed by atoms with Crippen LogP contribution in [-0.2, 0) is 14.3 Å². The minimum atomic E-state index is -0.432. The lowest BCUT2D eigenvalue weighted by molar-refractivity contribution is -0.119. The monoisotopic (exact) mass is 259 g/mol. The molecule has 0 saturated heterocycles. The smallest absolute Gasteiger partial charge is 0.338 e. The maximum Gasteiger partial charge on any atom is 0.338 e. The van der Waals surface area contributed by atoms with Crippen molar-refractivity contribution in [2.45, 2.75) is 20.0 Å². The summed E-state index contributed by atoms with van der Waals surface area (Å²) in [5, 5.41) is 0. The molecule has 1 heterocycles. The third-order valence-electron chi connectivity index (χ3n) is 2.51. The van der Waals surface area contributed by atoms with Gasteiger partial charge in [-0.2, -0.15) is 0 Å². The van der Waals surface area contributed by atoms with Crippen LogP contribution in [0.1, 0.15) is 24.2 Å². The van der Waals surface area contributed by atoms with Crippen molar-refractivity contribution in [3.8, 4) is 0 Å². The molecule has 0 spiro atoms. The van der Waals surface area contributed by atoms with E-state index in [0.717, 1.165) is 4.90 Å². The van der Waals surface area contributed by atoms with Crippen LogP contribution < -0.4 is 4.90 Å². The van der Waals surface area contributed by atoms with Gasteiger partial charge in [0.25, 0.3) is 11.8 Å². The van der Waals surface area contributed by atoms with Crippen LogP contribution in [-0.4, -0.2) is 23.9 Å². The summed E-state index contributed by atoms with van der Waals surface area (Å²) >= 11 is 0. The van der Waals surface area contributed by atoms with Gasteiger partial charge in [0.05, 0.1) is 17.4 Å². The molecule has 0 aliphatic carbocycles. The van der Waals surface area contributed by atoms with Gasteiger partial charge in [0, 0.05) is 12.2 Å². The lowest BCUT2D eigenvalue weighted by Crippen LogP contribution is -2.29. The van der Waals surface area contributed by atoms with Crippen molar-refractivity contribution in [3.05, 3.63) is 42.0 Å². The summed E-state index contributed by atoms with van der Waals surface area (Å²) in [5.74, 6) is -1.20. The molecule has 19 heavy (non-hydrogen) atoms. The first-order valence-electron chi connectivity index (χ1n) is 5.86. The Kier molecular flexibility index (Phi) is 3.46. The van der Waals surface area contributed by atoms with Gasteiger partial charge in [-0.1, -0.05) is 0 Å². The number of hydrogen-bond acceptors (Lipinski definition) is 4. The molecule has 2 amide bonds. The third-order valence-corrected chi connectivity index (χ3v) is 2.51. The van der Waals surface area contributed by atoms with E-state index in [-0.39, 0.29) is 17.9 Å². The van der Waals surface area contributed by atoms with Gasteiger partial charge in [0.2, 0.25) is 0 Å². The number of anilines is 1. The zero-order valence-corrected chi connectivity index (χ0v) is 10.6. The van der Waals surface area contributed by atoms with E-state index in [1.807, 2.05) is 0 Å². The molecule has 2 rings (SSSR count). The van der Waals surface area contributed by atoms with Crippen LogP contribution in [0.5, 0.6) is 0 Å². The lowest BCUT2D eigenvalue weighted by Gasteiger charge is -2.14. The van der Waals surface area contributed by atoms with E-state index in [1.165, 1.54) is 24.3 Å². The van der Waals surface area contributed by atoms with E-state index in [1.54, 1.807) is 26.0 Å². The molecule has 0 aromatic heterocycles. The Morgan fingerprint density at radius 2 is 1.58 bits per heavy atom. The van der Waals surface area contributed by atoms with E-state index >= 15 is 0 Å². The third kappa shape index (κ3) is 2.70. The van der Waals surface area contributed by atoms with Gasteiger partial charge >= 0.3 is 5.97 Å². The van der Waals surface area contributed by atoms with Gasteiger partial charge in [-0.25, -0.2) is 9.69 Å². The average Bonchev–Trinajstić information content (AvgIpc) is 2.68. The standard InChI is InChI=1S/C14H13NO4/c1-9(2)19-14(18)10-3-5-11(6-4-10)15-12(16)7-8-13(15)17/h3-9H,1-2H3. The minimum absolute atomic E-state index is 0.196. The molecule has 0 N–H and O–H groups in total. The summed E-state index contributed by atoms with van der Waals surface area (Å²) in [4.78, 5) is 35.6. The van der Waals surface area contributed by atoms with Crippen LogP contribution in [0, 0.1) is 0 Å². The van der Waals surface area contributed by atoms with E-state index in [2.05, 4.69) is 0 Å². The molecule has 1 aliphatic rings. The van der Waals surface area contributed by atoms with Gasteiger partial charge in [-0.15, -0.1) is 0 Å². The zero-order valence-electron chi connectivity index (χ0n) is 10.6. The highest BCUT2D eigenvalue weighted by Crippen LogP contribution is 2.19. The molecular weight excluding hydrogens is 246 g/mol. The first-order chi connectivity index (χ1) is 8.99. The van der Waals surface area contributed by atoms with Crippen molar-refractivity contribution in [1.82, 2.24) is 0 Å². The largest absolute Gasteiger partial charge is 0.459 e. The fraction of sp³-hybridized carbons (Fsp3) is 0.214. The molecule has 1 aromatic carbocycles.